The molecule has 0 fully saturated rings. The van der Waals surface area contributed by atoms with Crippen molar-refractivity contribution < 1.29 is 12.8 Å². The Hall–Kier alpha value is -1.22. The van der Waals surface area contributed by atoms with Gasteiger partial charge in [-0.05, 0) is 32.5 Å². The van der Waals surface area contributed by atoms with Crippen molar-refractivity contribution >= 4 is 21.4 Å². The van der Waals surface area contributed by atoms with E-state index in [0.29, 0.717) is 12.3 Å². The molecule has 0 aliphatic heterocycles. The number of nitrogens with one attached hydrogen (secondary N) is 2. The summed E-state index contributed by atoms with van der Waals surface area (Å²) in [4.78, 5) is 5.63. The van der Waals surface area contributed by atoms with Crippen molar-refractivity contribution in [1.29, 1.82) is 0 Å². The predicted octanol–water partition coefficient (Wildman–Crippen LogP) is 2.06. The van der Waals surface area contributed by atoms with Gasteiger partial charge in [-0.1, -0.05) is 6.92 Å². The van der Waals surface area contributed by atoms with Crippen molar-refractivity contribution in [3.63, 3.8) is 0 Å². The smallest absolute Gasteiger partial charge is 0.273 e. The summed E-state index contributed by atoms with van der Waals surface area (Å²) in [5.41, 5.74) is 0. The molecule has 0 aliphatic carbocycles. The van der Waals surface area contributed by atoms with E-state index in [-0.39, 0.29) is 11.1 Å². The van der Waals surface area contributed by atoms with Crippen LogP contribution in [0.3, 0.4) is 0 Å². The van der Waals surface area contributed by atoms with Crippen LogP contribution in [-0.2, 0) is 23.0 Å². The summed E-state index contributed by atoms with van der Waals surface area (Å²) in [5.74, 6) is 0.572. The lowest BCUT2D eigenvalue weighted by Gasteiger charge is -2.09. The van der Waals surface area contributed by atoms with Gasteiger partial charge in [0.1, 0.15) is 10.8 Å². The molecule has 21 heavy (non-hydrogen) atoms. The molecule has 2 aromatic heterocycles. The molecule has 0 bridgehead atoms. The Morgan fingerprint density at radius 1 is 1.43 bits per heavy atom. The second-order valence-electron chi connectivity index (χ2n) is 4.55. The van der Waals surface area contributed by atoms with Crippen LogP contribution in [0.5, 0.6) is 0 Å². The molecule has 0 radical (unpaired) electrons. The van der Waals surface area contributed by atoms with Gasteiger partial charge >= 0.3 is 0 Å². The zero-order valence-electron chi connectivity index (χ0n) is 12.2. The van der Waals surface area contributed by atoms with E-state index >= 15 is 0 Å². The van der Waals surface area contributed by atoms with Gasteiger partial charge in [0.2, 0.25) is 5.09 Å². The first kappa shape index (κ1) is 16.2. The Labute approximate surface area is 128 Å². The predicted molar refractivity (Wildman–Crippen MR) is 81.7 cm³/mol. The topological polar surface area (TPSA) is 84.2 Å². The van der Waals surface area contributed by atoms with Crippen LogP contribution in [0.1, 0.15) is 35.5 Å². The first-order valence-electron chi connectivity index (χ1n) is 6.66. The normalized spacial score (nSPS) is 13.5. The number of nitrogens with zero attached hydrogens (tertiary/aromatic N) is 1. The number of hydrogen-bond donors (Lipinski definition) is 2. The number of aromatic nitrogens is 1. The van der Waals surface area contributed by atoms with Crippen molar-refractivity contribution in [3.05, 3.63) is 34.0 Å². The number of aryl methyl sites for hydroxylation is 1. The monoisotopic (exact) mass is 329 g/mol. The zero-order valence-corrected chi connectivity index (χ0v) is 13.8. The summed E-state index contributed by atoms with van der Waals surface area (Å²) in [6.07, 6.45) is 2.87. The number of furan rings is 1. The van der Waals surface area contributed by atoms with Gasteiger partial charge in [0.15, 0.2) is 0 Å². The number of thiazole rings is 1. The zero-order chi connectivity index (χ0) is 15.5. The summed E-state index contributed by atoms with van der Waals surface area (Å²) >= 11 is 1.68. The van der Waals surface area contributed by atoms with E-state index in [4.69, 9.17) is 4.42 Å². The van der Waals surface area contributed by atoms with Crippen LogP contribution in [0.15, 0.2) is 27.8 Å². The minimum Gasteiger partial charge on any atom is -0.447 e. The minimum atomic E-state index is -3.52. The molecule has 0 saturated carbocycles. The van der Waals surface area contributed by atoms with Crippen LogP contribution in [0, 0.1) is 0 Å². The average Bonchev–Trinajstić information content (AvgIpc) is 3.13. The summed E-state index contributed by atoms with van der Waals surface area (Å²) in [5, 5.41) is 4.22. The Balaban J connectivity index is 1.97. The van der Waals surface area contributed by atoms with Crippen molar-refractivity contribution in [2.75, 3.05) is 7.05 Å². The molecule has 116 valence electrons. The maximum absolute atomic E-state index is 11.6. The van der Waals surface area contributed by atoms with Gasteiger partial charge < -0.3 is 9.73 Å². The highest BCUT2D eigenvalue weighted by Crippen LogP contribution is 2.21. The second kappa shape index (κ2) is 6.69. The molecule has 0 aliphatic rings. The molecule has 0 saturated heterocycles. The Morgan fingerprint density at radius 3 is 2.81 bits per heavy atom. The molecule has 0 aromatic carbocycles. The molecule has 6 nitrogen and oxygen atoms in total. The van der Waals surface area contributed by atoms with Crippen LogP contribution in [-0.4, -0.2) is 20.4 Å². The van der Waals surface area contributed by atoms with E-state index in [1.54, 1.807) is 17.4 Å². The second-order valence-corrected chi connectivity index (χ2v) is 7.51. The van der Waals surface area contributed by atoms with Crippen molar-refractivity contribution in [3.8, 4) is 0 Å². The third kappa shape index (κ3) is 3.91. The lowest BCUT2D eigenvalue weighted by atomic mass is 10.3. The molecule has 8 heteroatoms. The largest absolute Gasteiger partial charge is 0.447 e. The van der Waals surface area contributed by atoms with Crippen LogP contribution >= 0.6 is 11.3 Å². The molecular formula is C13H19N3O3S2. The van der Waals surface area contributed by atoms with Crippen LogP contribution in [0.2, 0.25) is 0 Å². The Kier molecular flexibility index (Phi) is 5.15. The van der Waals surface area contributed by atoms with Crippen molar-refractivity contribution in [2.45, 2.75) is 37.9 Å². The summed E-state index contributed by atoms with van der Waals surface area (Å²) in [6, 6.07) is 3.19. The third-order valence-electron chi connectivity index (χ3n) is 3.04. The Bertz CT molecular complexity index is 691. The van der Waals surface area contributed by atoms with Gasteiger partial charge in [0.05, 0.1) is 12.6 Å². The quantitative estimate of drug-likeness (QED) is 0.812. The van der Waals surface area contributed by atoms with E-state index < -0.39 is 10.0 Å². The number of sulfonamides is 1. The Morgan fingerprint density at radius 2 is 2.19 bits per heavy atom. The molecular weight excluding hydrogens is 310 g/mol. The first-order chi connectivity index (χ1) is 9.96. The van der Waals surface area contributed by atoms with Gasteiger partial charge in [-0.25, -0.2) is 18.1 Å². The fourth-order valence-corrected chi connectivity index (χ4v) is 3.27. The summed E-state index contributed by atoms with van der Waals surface area (Å²) < 4.78 is 30.7. The standard InChI is InChI=1S/C13H19N3O3S2/c1-4-11-8-16-13(20-11)9(2)15-7-10-5-6-12(19-10)21(17,18)14-3/h5-6,8-9,14-15H,4,7H2,1-3H3. The fourth-order valence-electron chi connectivity index (χ4n) is 1.73. The first-order valence-corrected chi connectivity index (χ1v) is 8.96. The highest BCUT2D eigenvalue weighted by molar-refractivity contribution is 7.89. The molecule has 1 atom stereocenters. The molecule has 0 spiro atoms. The number of hydrogen-bond acceptors (Lipinski definition) is 6. The molecule has 0 amide bonds. The summed E-state index contributed by atoms with van der Waals surface area (Å²) in [7, 11) is -2.17. The summed E-state index contributed by atoms with van der Waals surface area (Å²) in [6.45, 7) is 4.57. The SMILES string of the molecule is CCc1cnc(C(C)NCc2ccc(S(=O)(=O)NC)o2)s1. The van der Waals surface area contributed by atoms with Crippen LogP contribution in [0.25, 0.3) is 0 Å². The van der Waals surface area contributed by atoms with Gasteiger partial charge in [0.25, 0.3) is 10.0 Å². The fraction of sp³-hybridized carbons (Fsp3) is 0.462. The van der Waals surface area contributed by atoms with E-state index in [0.717, 1.165) is 11.4 Å². The van der Waals surface area contributed by atoms with Crippen LogP contribution in [0.4, 0.5) is 0 Å². The average molecular weight is 329 g/mol. The van der Waals surface area contributed by atoms with Gasteiger partial charge in [0, 0.05) is 11.1 Å². The number of rotatable bonds is 7. The maximum Gasteiger partial charge on any atom is 0.273 e. The highest BCUT2D eigenvalue weighted by atomic mass is 32.2. The van der Waals surface area contributed by atoms with Crippen molar-refractivity contribution in [1.82, 2.24) is 15.0 Å². The minimum absolute atomic E-state index is 0.0722. The highest BCUT2D eigenvalue weighted by Gasteiger charge is 2.17. The van der Waals surface area contributed by atoms with Gasteiger partial charge in [-0.15, -0.1) is 11.3 Å². The van der Waals surface area contributed by atoms with E-state index in [1.807, 2.05) is 13.1 Å². The lowest BCUT2D eigenvalue weighted by Crippen LogP contribution is -2.18. The van der Waals surface area contributed by atoms with Gasteiger partial charge in [-0.3, -0.25) is 0 Å². The lowest BCUT2D eigenvalue weighted by molar-refractivity contribution is 0.392. The molecule has 2 N–H and O–H groups in total. The van der Waals surface area contributed by atoms with E-state index in [9.17, 15) is 8.42 Å². The molecule has 1 unspecified atom stereocenters. The maximum atomic E-state index is 11.6. The van der Waals surface area contributed by atoms with Gasteiger partial charge in [-0.2, -0.15) is 0 Å². The molecule has 2 aromatic rings. The molecule has 2 rings (SSSR count). The van der Waals surface area contributed by atoms with E-state index in [2.05, 4.69) is 21.9 Å². The third-order valence-corrected chi connectivity index (χ3v) is 5.65. The van der Waals surface area contributed by atoms with Crippen molar-refractivity contribution in [2.24, 2.45) is 0 Å². The van der Waals surface area contributed by atoms with E-state index in [1.165, 1.54) is 18.0 Å². The van der Waals surface area contributed by atoms with Crippen LogP contribution < -0.4 is 10.0 Å². The molecule has 2 heterocycles.